The first-order valence-corrected chi connectivity index (χ1v) is 3.44. The molecule has 0 amide bonds. The molecule has 58 valence electrons. The van der Waals surface area contributed by atoms with Crippen molar-refractivity contribution in [1.82, 2.24) is 4.90 Å². The lowest BCUT2D eigenvalue weighted by Crippen LogP contribution is -2.28. The normalized spacial score (nSPS) is 13.1. The van der Waals surface area contributed by atoms with Gasteiger partial charge in [-0.15, -0.1) is 0 Å². The number of hydrogen-bond acceptors (Lipinski definition) is 3. The van der Waals surface area contributed by atoms with Gasteiger partial charge in [0, 0.05) is 6.54 Å². The van der Waals surface area contributed by atoms with Crippen molar-refractivity contribution in [2.45, 2.75) is 19.4 Å². The van der Waals surface area contributed by atoms with Crippen molar-refractivity contribution >= 4 is 0 Å². The predicted octanol–water partition coefficient (Wildman–Crippen LogP) is 0.213. The minimum absolute atomic E-state index is 0.293. The van der Waals surface area contributed by atoms with Crippen LogP contribution in [0.25, 0.3) is 0 Å². The average molecular weight is 142 g/mol. The van der Waals surface area contributed by atoms with Crippen LogP contribution in [0.1, 0.15) is 13.3 Å². The zero-order valence-electron chi connectivity index (χ0n) is 6.54. The Bertz CT molecular complexity index is 119. The maximum absolute atomic E-state index is 9.10. The van der Waals surface area contributed by atoms with Crippen LogP contribution < -0.4 is 0 Å². The third-order valence-electron chi connectivity index (χ3n) is 1.33. The summed E-state index contributed by atoms with van der Waals surface area (Å²) in [5, 5.41) is 17.4. The zero-order valence-corrected chi connectivity index (χ0v) is 6.54. The number of hydrogen-bond donors (Lipinski definition) is 1. The number of aliphatic hydroxyl groups is 1. The second kappa shape index (κ2) is 5.21. The van der Waals surface area contributed by atoms with Crippen molar-refractivity contribution in [3.63, 3.8) is 0 Å². The lowest BCUT2D eigenvalue weighted by atomic mass is 10.3. The Hall–Kier alpha value is -0.590. The van der Waals surface area contributed by atoms with E-state index in [9.17, 15) is 0 Å². The summed E-state index contributed by atoms with van der Waals surface area (Å²) in [5.41, 5.74) is 0. The molecule has 0 saturated carbocycles. The van der Waals surface area contributed by atoms with Crippen LogP contribution in [0, 0.1) is 11.3 Å². The van der Waals surface area contributed by atoms with E-state index in [1.807, 2.05) is 20.0 Å². The summed E-state index contributed by atoms with van der Waals surface area (Å²) in [4.78, 5) is 1.80. The largest absolute Gasteiger partial charge is 0.392 e. The van der Waals surface area contributed by atoms with Gasteiger partial charge in [0.15, 0.2) is 0 Å². The molecular weight excluding hydrogens is 128 g/mol. The Morgan fingerprint density at radius 2 is 2.30 bits per heavy atom. The summed E-state index contributed by atoms with van der Waals surface area (Å²) in [6.45, 7) is 2.89. The van der Waals surface area contributed by atoms with Crippen LogP contribution >= 0.6 is 0 Å². The monoisotopic (exact) mass is 142 g/mol. The van der Waals surface area contributed by atoms with Crippen LogP contribution in [-0.2, 0) is 0 Å². The highest BCUT2D eigenvalue weighted by Gasteiger charge is 2.03. The number of nitriles is 1. The van der Waals surface area contributed by atoms with Crippen LogP contribution in [0.4, 0.5) is 0 Å². The summed E-state index contributed by atoms with van der Waals surface area (Å²) in [6, 6.07) is 2.01. The fraction of sp³-hybridized carbons (Fsp3) is 0.857. The smallest absolute Gasteiger partial charge is 0.0864 e. The number of rotatable bonds is 4. The molecule has 0 aromatic carbocycles. The van der Waals surface area contributed by atoms with Gasteiger partial charge in [0.1, 0.15) is 0 Å². The van der Waals surface area contributed by atoms with Gasteiger partial charge in [0.2, 0.25) is 0 Å². The Labute approximate surface area is 61.9 Å². The molecule has 0 aliphatic rings. The summed E-state index contributed by atoms with van der Waals surface area (Å²) in [7, 11) is 1.82. The van der Waals surface area contributed by atoms with Gasteiger partial charge in [0.25, 0.3) is 0 Å². The minimum Gasteiger partial charge on any atom is -0.392 e. The molecule has 0 heterocycles. The van der Waals surface area contributed by atoms with Crippen LogP contribution in [0.15, 0.2) is 0 Å². The van der Waals surface area contributed by atoms with Gasteiger partial charge >= 0.3 is 0 Å². The molecule has 0 aliphatic carbocycles. The van der Waals surface area contributed by atoms with Crippen LogP contribution in [0.5, 0.6) is 0 Å². The molecule has 1 N–H and O–H groups in total. The molecular formula is C7H14N2O. The predicted molar refractivity (Wildman–Crippen MR) is 39.4 cm³/mol. The second-order valence-electron chi connectivity index (χ2n) is 2.42. The van der Waals surface area contributed by atoms with Gasteiger partial charge in [0.05, 0.1) is 18.7 Å². The molecule has 3 nitrogen and oxygen atoms in total. The van der Waals surface area contributed by atoms with E-state index in [-0.39, 0.29) is 6.10 Å². The van der Waals surface area contributed by atoms with Crippen molar-refractivity contribution in [2.75, 3.05) is 20.1 Å². The van der Waals surface area contributed by atoms with Gasteiger partial charge in [-0.25, -0.2) is 0 Å². The first-order valence-electron chi connectivity index (χ1n) is 3.44. The van der Waals surface area contributed by atoms with E-state index in [0.717, 1.165) is 6.42 Å². The molecule has 0 radical (unpaired) electrons. The molecule has 0 aromatic heterocycles. The van der Waals surface area contributed by atoms with E-state index in [1.165, 1.54) is 0 Å². The second-order valence-corrected chi connectivity index (χ2v) is 2.42. The van der Waals surface area contributed by atoms with Gasteiger partial charge < -0.3 is 5.11 Å². The molecule has 0 fully saturated rings. The van der Waals surface area contributed by atoms with Crippen LogP contribution in [0.2, 0.25) is 0 Å². The molecule has 0 aromatic rings. The van der Waals surface area contributed by atoms with Gasteiger partial charge in [-0.1, -0.05) is 6.92 Å². The molecule has 3 heteroatoms. The van der Waals surface area contributed by atoms with E-state index in [2.05, 4.69) is 0 Å². The lowest BCUT2D eigenvalue weighted by Gasteiger charge is -2.15. The molecule has 10 heavy (non-hydrogen) atoms. The van der Waals surface area contributed by atoms with E-state index in [4.69, 9.17) is 10.4 Å². The fourth-order valence-corrected chi connectivity index (χ4v) is 0.674. The van der Waals surface area contributed by atoms with Crippen molar-refractivity contribution in [3.8, 4) is 6.07 Å². The van der Waals surface area contributed by atoms with Gasteiger partial charge in [-0.05, 0) is 13.5 Å². The van der Waals surface area contributed by atoms with Crippen molar-refractivity contribution < 1.29 is 5.11 Å². The average Bonchev–Trinajstić information content (AvgIpc) is 1.88. The van der Waals surface area contributed by atoms with E-state index in [1.54, 1.807) is 4.90 Å². The number of likely N-dealkylation sites (N-methyl/N-ethyl adjacent to an activating group) is 1. The summed E-state index contributed by atoms with van der Waals surface area (Å²) in [5.74, 6) is 0. The fourth-order valence-electron chi connectivity index (χ4n) is 0.674. The van der Waals surface area contributed by atoms with Crippen LogP contribution in [0.3, 0.4) is 0 Å². The zero-order chi connectivity index (χ0) is 7.98. The van der Waals surface area contributed by atoms with Crippen molar-refractivity contribution in [2.24, 2.45) is 0 Å². The Morgan fingerprint density at radius 3 is 2.70 bits per heavy atom. The molecule has 0 saturated heterocycles. The quantitative estimate of drug-likeness (QED) is 0.571. The van der Waals surface area contributed by atoms with E-state index in [0.29, 0.717) is 13.1 Å². The molecule has 1 atom stereocenters. The van der Waals surface area contributed by atoms with E-state index >= 15 is 0 Å². The number of nitrogens with zero attached hydrogens (tertiary/aromatic N) is 2. The molecule has 1 unspecified atom stereocenters. The summed E-state index contributed by atoms with van der Waals surface area (Å²) < 4.78 is 0. The molecule has 0 rings (SSSR count). The minimum atomic E-state index is -0.293. The van der Waals surface area contributed by atoms with Crippen LogP contribution in [-0.4, -0.2) is 36.2 Å². The van der Waals surface area contributed by atoms with Crippen molar-refractivity contribution in [1.29, 1.82) is 5.26 Å². The first kappa shape index (κ1) is 9.41. The van der Waals surface area contributed by atoms with Gasteiger partial charge in [-0.2, -0.15) is 5.26 Å². The van der Waals surface area contributed by atoms with Gasteiger partial charge in [-0.3, -0.25) is 4.90 Å². The molecule has 0 bridgehead atoms. The maximum atomic E-state index is 9.10. The molecule has 0 aliphatic heterocycles. The summed E-state index contributed by atoms with van der Waals surface area (Å²) in [6.07, 6.45) is 0.453. The molecule has 0 spiro atoms. The SMILES string of the molecule is CCC(O)CN(C)CC#N. The summed E-state index contributed by atoms with van der Waals surface area (Å²) >= 11 is 0. The Kier molecular flexibility index (Phi) is 4.91. The van der Waals surface area contributed by atoms with E-state index < -0.39 is 0 Å². The maximum Gasteiger partial charge on any atom is 0.0864 e. The first-order chi connectivity index (χ1) is 4.70. The lowest BCUT2D eigenvalue weighted by molar-refractivity contribution is 0.128. The Balaban J connectivity index is 3.38. The van der Waals surface area contributed by atoms with Crippen molar-refractivity contribution in [3.05, 3.63) is 0 Å². The third kappa shape index (κ3) is 4.30. The Morgan fingerprint density at radius 1 is 1.70 bits per heavy atom. The standard InChI is InChI=1S/C7H14N2O/c1-3-7(10)6-9(2)5-4-8/h7,10H,3,5-6H2,1-2H3. The highest BCUT2D eigenvalue weighted by Crippen LogP contribution is 1.92. The highest BCUT2D eigenvalue weighted by molar-refractivity contribution is 4.75. The third-order valence-corrected chi connectivity index (χ3v) is 1.33. The number of aliphatic hydroxyl groups excluding tert-OH is 1. The topological polar surface area (TPSA) is 47.3 Å². The highest BCUT2D eigenvalue weighted by atomic mass is 16.3.